The first-order valence-corrected chi connectivity index (χ1v) is 34.7. The number of fused-ring (bicyclic) bond motifs is 3. The molecule has 1 amide bonds. The van der Waals surface area contributed by atoms with E-state index in [2.05, 4.69) is 110 Å². The maximum absolute atomic E-state index is 13.0. The van der Waals surface area contributed by atoms with Crippen LogP contribution in [0.1, 0.15) is 228 Å². The Balaban J connectivity index is 0.000000140. The quantitative estimate of drug-likeness (QED) is 0.0743. The minimum absolute atomic E-state index is 0. The summed E-state index contributed by atoms with van der Waals surface area (Å²) in [4.78, 5) is 53.1. The highest BCUT2D eigenvalue weighted by atomic mass is 35.5. The number of ether oxygens (including phenoxy) is 3. The van der Waals surface area contributed by atoms with Gasteiger partial charge in [0.25, 0.3) is 0 Å². The minimum atomic E-state index is -0.273. The molecule has 9 saturated carbocycles. The summed E-state index contributed by atoms with van der Waals surface area (Å²) in [5.74, 6) is 3.74. The molecule has 3 aliphatic heterocycles. The predicted octanol–water partition coefficient (Wildman–Crippen LogP) is 16.4. The number of hydrogen-bond donors (Lipinski definition) is 2. The molecule has 88 heavy (non-hydrogen) atoms. The third-order valence-electron chi connectivity index (χ3n) is 27.3. The van der Waals surface area contributed by atoms with Crippen LogP contribution in [-0.4, -0.2) is 68.0 Å². The van der Waals surface area contributed by atoms with Crippen LogP contribution in [0.5, 0.6) is 0 Å². The second-order valence-electron chi connectivity index (χ2n) is 33.2. The molecular weight excluding hydrogens is 1110 g/mol. The summed E-state index contributed by atoms with van der Waals surface area (Å²) in [6, 6.07) is 19.9. The third kappa shape index (κ3) is 12.0. The molecule has 9 aliphatic carbocycles. The second kappa shape index (κ2) is 24.5. The first-order chi connectivity index (χ1) is 41.4. The van der Waals surface area contributed by atoms with Crippen LogP contribution in [0, 0.1) is 84.2 Å². The lowest BCUT2D eigenvalue weighted by atomic mass is 9.45. The van der Waals surface area contributed by atoms with E-state index in [1.54, 1.807) is 0 Å². The summed E-state index contributed by atoms with van der Waals surface area (Å²) in [7, 11) is 0. The average Bonchev–Trinajstić information content (AvgIpc) is 1.45. The number of nitrogens with two attached hydrogens (primary N) is 1. The number of esters is 3. The standard InChI is InChI=1S/C34H41NO2.C22H33NO3.C21H33NO2.ClH/c1-32(2)18-10-19-33(3)28(32)17-20-34(21-22-34)29(33)16-15-26-27(23-37-31(26)36)35-30(24-11-6-4-7-12-24)25-13-8-5-9-14-25;1-20(2)8-4-9-21(3)17(20)7-10-22(11-12-22)18(21)6-5-15-16(23-14-24)13-26-19(15)25;1-19(2)8-4-9-20(3)16(19)7-10-21(11-12-21)17(20)6-5-14-15(22)13-24-18(14)23;/h4-9,11-15,27-29H,10,16-23H2,1-3H3;5,14,16-18H,4,6-13H2,1-3H3,(H,23,24);5,15-17H,4,6-13,22H2,1-3H3;1H/b26-15-;15-5-;14-5-;/t27-,28+,29-,33+;16-,17+,18-,21+;15-,16+,17-,20+;/m111./s1. The van der Waals surface area contributed by atoms with Gasteiger partial charge in [-0.1, -0.05) is 160 Å². The molecule has 10 nitrogen and oxygen atoms in total. The molecule has 3 spiro atoms. The van der Waals surface area contributed by atoms with Crippen LogP contribution in [0.4, 0.5) is 0 Å². The summed E-state index contributed by atoms with van der Waals surface area (Å²) in [5, 5.41) is 2.73. The number of cyclic esters (lactones) is 3. The number of nitrogens with zero attached hydrogens (tertiary/aromatic N) is 1. The fourth-order valence-corrected chi connectivity index (χ4v) is 22.5. The Morgan fingerprint density at radius 3 is 1.24 bits per heavy atom. The molecule has 11 heteroatoms. The van der Waals surface area contributed by atoms with Gasteiger partial charge in [0.2, 0.25) is 6.41 Å². The van der Waals surface area contributed by atoms with Gasteiger partial charge < -0.3 is 25.3 Å². The van der Waals surface area contributed by atoms with Crippen LogP contribution in [-0.2, 0) is 33.4 Å². The van der Waals surface area contributed by atoms with Crippen LogP contribution in [0.3, 0.4) is 0 Å². The van der Waals surface area contributed by atoms with Crippen LogP contribution in [0.15, 0.2) is 101 Å². The molecule has 12 aliphatic rings. The highest BCUT2D eigenvalue weighted by molar-refractivity contribution is 6.13. The van der Waals surface area contributed by atoms with Crippen molar-refractivity contribution in [3.8, 4) is 0 Å². The molecule has 12 atom stereocenters. The molecule has 0 aromatic heterocycles. The largest absolute Gasteiger partial charge is 0.460 e. The summed E-state index contributed by atoms with van der Waals surface area (Å²) in [5.41, 5.74) is 15.3. The van der Waals surface area contributed by atoms with Crippen molar-refractivity contribution < 1.29 is 33.4 Å². The van der Waals surface area contributed by atoms with Crippen molar-refractivity contribution >= 4 is 42.4 Å². The Kier molecular flexibility index (Phi) is 18.1. The zero-order valence-electron chi connectivity index (χ0n) is 55.2. The Hall–Kier alpha value is -4.54. The molecular formula is C77H108ClN3O7. The lowest BCUT2D eigenvalue weighted by Gasteiger charge is -2.60. The van der Waals surface area contributed by atoms with E-state index >= 15 is 0 Å². The Labute approximate surface area is 534 Å². The molecule has 12 fully saturated rings. The smallest absolute Gasteiger partial charge is 0.336 e. The van der Waals surface area contributed by atoms with E-state index in [1.807, 2.05) is 36.4 Å². The fourth-order valence-electron chi connectivity index (χ4n) is 22.5. The van der Waals surface area contributed by atoms with Gasteiger partial charge in [0.05, 0.1) is 34.5 Å². The van der Waals surface area contributed by atoms with Gasteiger partial charge in [-0.2, -0.15) is 0 Å². The van der Waals surface area contributed by atoms with Crippen molar-refractivity contribution in [2.75, 3.05) is 19.8 Å². The van der Waals surface area contributed by atoms with E-state index < -0.39 is 0 Å². The number of halogens is 1. The molecule has 0 unspecified atom stereocenters. The number of carbonyl (C=O) groups excluding carboxylic acids is 4. The van der Waals surface area contributed by atoms with Crippen molar-refractivity contribution in [2.45, 2.75) is 235 Å². The first-order valence-electron chi connectivity index (χ1n) is 34.7. The fraction of sp³-hybridized carbons (Fsp3) is 0.701. The molecule has 2 aromatic rings. The Bertz CT molecular complexity index is 3000. The molecule has 0 bridgehead atoms. The lowest BCUT2D eigenvalue weighted by Crippen LogP contribution is -2.52. The number of benzene rings is 2. The number of hydrogen-bond acceptors (Lipinski definition) is 9. The van der Waals surface area contributed by atoms with E-state index in [9.17, 15) is 19.2 Å². The summed E-state index contributed by atoms with van der Waals surface area (Å²) < 4.78 is 15.9. The van der Waals surface area contributed by atoms with Crippen LogP contribution >= 0.6 is 12.4 Å². The molecule has 3 heterocycles. The van der Waals surface area contributed by atoms with Crippen molar-refractivity contribution in [2.24, 2.45) is 95.0 Å². The van der Waals surface area contributed by atoms with Gasteiger partial charge in [-0.15, -0.1) is 12.4 Å². The maximum atomic E-state index is 13.0. The number of aliphatic imine (C=N–C) groups is 1. The molecule has 480 valence electrons. The van der Waals surface area contributed by atoms with Gasteiger partial charge in [0.15, 0.2) is 0 Å². The minimum Gasteiger partial charge on any atom is -0.460 e. The van der Waals surface area contributed by atoms with Gasteiger partial charge >= 0.3 is 17.9 Å². The first kappa shape index (κ1) is 65.0. The Morgan fingerprint density at radius 2 is 0.852 bits per heavy atom. The molecule has 2 aromatic carbocycles. The maximum Gasteiger partial charge on any atom is 0.336 e. The predicted molar refractivity (Wildman–Crippen MR) is 352 cm³/mol. The topological polar surface area (TPSA) is 146 Å². The molecule has 0 radical (unpaired) electrons. The van der Waals surface area contributed by atoms with Gasteiger partial charge in [-0.25, -0.2) is 14.4 Å². The second-order valence-corrected chi connectivity index (χ2v) is 33.2. The number of nitrogens with one attached hydrogen (secondary N) is 1. The van der Waals surface area contributed by atoms with E-state index in [-0.39, 0.29) is 55.0 Å². The summed E-state index contributed by atoms with van der Waals surface area (Å²) in [6.45, 7) is 23.6. The highest BCUT2D eigenvalue weighted by Gasteiger charge is 2.66. The van der Waals surface area contributed by atoms with Crippen molar-refractivity contribution in [1.82, 2.24) is 5.32 Å². The number of carbonyl (C=O) groups is 4. The average molecular weight is 1220 g/mol. The van der Waals surface area contributed by atoms with Gasteiger partial charge in [-0.05, 0) is 219 Å². The van der Waals surface area contributed by atoms with E-state index in [1.165, 1.54) is 135 Å². The van der Waals surface area contributed by atoms with Gasteiger partial charge in [-0.3, -0.25) is 9.79 Å². The number of amides is 1. The Morgan fingerprint density at radius 1 is 0.489 bits per heavy atom. The van der Waals surface area contributed by atoms with Crippen molar-refractivity contribution in [3.63, 3.8) is 0 Å². The summed E-state index contributed by atoms with van der Waals surface area (Å²) >= 11 is 0. The number of allylic oxidation sites excluding steroid dienone is 3. The third-order valence-corrected chi connectivity index (χ3v) is 27.3. The van der Waals surface area contributed by atoms with Gasteiger partial charge in [0.1, 0.15) is 25.9 Å². The summed E-state index contributed by atoms with van der Waals surface area (Å²) in [6.07, 6.45) is 38.6. The highest BCUT2D eigenvalue weighted by Crippen LogP contribution is 2.75. The molecule has 14 rings (SSSR count). The van der Waals surface area contributed by atoms with E-state index in [0.717, 1.165) is 65.0 Å². The normalized spacial score (nSPS) is 38.1. The van der Waals surface area contributed by atoms with E-state index in [0.29, 0.717) is 91.7 Å². The SMILES string of the molecule is CC1(C)CCC[C@@]2(C)[C@H]1CCC1(CC1)[C@@H]2C/C=C1\C(=O)OC[C@H]1N.CC1(C)CCC[C@@]2(C)[C@H]1CCC1(CC1)[C@@H]2C/C=C1\C(=O)OC[C@H]1N=C(c1ccccc1)c1ccccc1.CC1(C)CCC[C@@]2(C)[C@H]1CCC1(CC1)[C@@H]2C/C=C1\C(=O)OC[C@H]1NC=O.Cl. The van der Waals surface area contributed by atoms with Gasteiger partial charge in [0, 0.05) is 11.1 Å². The monoisotopic (exact) mass is 1220 g/mol. The zero-order valence-corrected chi connectivity index (χ0v) is 56.0. The molecule has 3 saturated heterocycles. The van der Waals surface area contributed by atoms with Crippen LogP contribution < -0.4 is 11.1 Å². The van der Waals surface area contributed by atoms with Crippen LogP contribution in [0.25, 0.3) is 0 Å². The molecule has 3 N–H and O–H groups in total. The lowest BCUT2D eigenvalue weighted by molar-refractivity contribution is -0.136. The van der Waals surface area contributed by atoms with E-state index in [4.69, 9.17) is 24.9 Å². The van der Waals surface area contributed by atoms with Crippen LogP contribution in [0.2, 0.25) is 0 Å². The van der Waals surface area contributed by atoms with Crippen molar-refractivity contribution in [3.05, 3.63) is 107 Å². The van der Waals surface area contributed by atoms with Crippen molar-refractivity contribution in [1.29, 1.82) is 0 Å². The number of rotatable bonds is 11. The zero-order chi connectivity index (χ0) is 61.4.